The predicted molar refractivity (Wildman–Crippen MR) is 112 cm³/mol. The largest absolute Gasteiger partial charge is 0.495 e. The molecule has 0 unspecified atom stereocenters. The first-order valence-corrected chi connectivity index (χ1v) is 11.8. The van der Waals surface area contributed by atoms with E-state index in [-0.39, 0.29) is 31.9 Å². The minimum Gasteiger partial charge on any atom is -0.495 e. The van der Waals surface area contributed by atoms with Crippen LogP contribution in [0.1, 0.15) is 0 Å². The van der Waals surface area contributed by atoms with Crippen molar-refractivity contribution in [2.24, 2.45) is 0 Å². The van der Waals surface area contributed by atoms with E-state index in [0.717, 1.165) is 42.5 Å². The zero-order valence-corrected chi connectivity index (χ0v) is 18.2. The molecule has 3 aromatic rings. The van der Waals surface area contributed by atoms with Crippen LogP contribution in [0.4, 0.5) is 20.2 Å². The molecule has 0 radical (unpaired) electrons. The van der Waals surface area contributed by atoms with Crippen molar-refractivity contribution in [2.45, 2.75) is 9.79 Å². The zero-order valence-electron chi connectivity index (χ0n) is 15.8. The fourth-order valence-corrected chi connectivity index (χ4v) is 4.91. The Morgan fingerprint density at radius 1 is 0.806 bits per heavy atom. The summed E-state index contributed by atoms with van der Waals surface area (Å²) in [7, 11) is -6.97. The van der Waals surface area contributed by atoms with Crippen molar-refractivity contribution in [1.29, 1.82) is 0 Å². The summed E-state index contributed by atoms with van der Waals surface area (Å²) in [5.74, 6) is -1.27. The zero-order chi connectivity index (χ0) is 22.8. The van der Waals surface area contributed by atoms with Crippen LogP contribution in [-0.4, -0.2) is 23.9 Å². The highest BCUT2D eigenvalue weighted by Gasteiger charge is 2.20. The van der Waals surface area contributed by atoms with Crippen molar-refractivity contribution >= 4 is 43.0 Å². The number of hydrogen-bond donors (Lipinski definition) is 2. The molecule has 7 nitrogen and oxygen atoms in total. The van der Waals surface area contributed by atoms with Gasteiger partial charge in [-0.15, -0.1) is 0 Å². The molecule has 0 atom stereocenters. The van der Waals surface area contributed by atoms with E-state index in [4.69, 9.17) is 16.3 Å². The standard InChI is InChI=1S/C19H15ClF2N2O5S2/c1-29-19-9-4-13(23-31(27,28)15-7-8-17(22)16(20)11-15)10-18(19)24-30(25,26)14-5-2-12(21)3-6-14/h2-11,23-24H,1H3. The van der Waals surface area contributed by atoms with Gasteiger partial charge >= 0.3 is 0 Å². The lowest BCUT2D eigenvalue weighted by atomic mass is 10.2. The molecule has 2 N–H and O–H groups in total. The first-order chi connectivity index (χ1) is 14.5. The van der Waals surface area contributed by atoms with Gasteiger partial charge in [0.05, 0.1) is 33.3 Å². The lowest BCUT2D eigenvalue weighted by Crippen LogP contribution is -2.15. The van der Waals surface area contributed by atoms with Crippen LogP contribution in [0.5, 0.6) is 5.75 Å². The van der Waals surface area contributed by atoms with Crippen LogP contribution in [0, 0.1) is 11.6 Å². The summed E-state index contributed by atoms with van der Waals surface area (Å²) in [5.41, 5.74) is -0.0674. The van der Waals surface area contributed by atoms with Crippen LogP contribution in [0.15, 0.2) is 70.5 Å². The van der Waals surface area contributed by atoms with Crippen molar-refractivity contribution < 1.29 is 30.4 Å². The Bertz CT molecular complexity index is 1330. The highest BCUT2D eigenvalue weighted by atomic mass is 35.5. The van der Waals surface area contributed by atoms with Crippen LogP contribution in [0.3, 0.4) is 0 Å². The first-order valence-electron chi connectivity index (χ1n) is 8.46. The number of rotatable bonds is 7. The molecule has 0 aliphatic carbocycles. The lowest BCUT2D eigenvalue weighted by Gasteiger charge is -2.15. The van der Waals surface area contributed by atoms with Gasteiger partial charge in [0.1, 0.15) is 17.4 Å². The quantitative estimate of drug-likeness (QED) is 0.518. The Kier molecular flexibility index (Phi) is 6.39. The molecule has 0 bridgehead atoms. The summed E-state index contributed by atoms with van der Waals surface area (Å²) in [6.45, 7) is 0. The van der Waals surface area contributed by atoms with E-state index in [1.807, 2.05) is 0 Å². The smallest absolute Gasteiger partial charge is 0.262 e. The van der Waals surface area contributed by atoms with Gasteiger partial charge in [0, 0.05) is 0 Å². The third kappa shape index (κ3) is 5.24. The van der Waals surface area contributed by atoms with E-state index in [2.05, 4.69) is 9.44 Å². The fourth-order valence-electron chi connectivity index (χ4n) is 2.53. The Hall–Kier alpha value is -2.89. The maximum absolute atomic E-state index is 13.3. The van der Waals surface area contributed by atoms with Crippen molar-refractivity contribution in [2.75, 3.05) is 16.6 Å². The lowest BCUT2D eigenvalue weighted by molar-refractivity contribution is 0.417. The Balaban J connectivity index is 1.93. The highest BCUT2D eigenvalue weighted by Crippen LogP contribution is 2.31. The van der Waals surface area contributed by atoms with Crippen molar-refractivity contribution in [3.8, 4) is 5.75 Å². The van der Waals surface area contributed by atoms with Crippen LogP contribution in [0.25, 0.3) is 0 Å². The molecule has 31 heavy (non-hydrogen) atoms. The van der Waals surface area contributed by atoms with E-state index < -0.39 is 31.7 Å². The van der Waals surface area contributed by atoms with Gasteiger partial charge in [0.2, 0.25) is 0 Å². The third-order valence-corrected chi connectivity index (χ3v) is 7.07. The average Bonchev–Trinajstić information content (AvgIpc) is 2.70. The normalized spacial score (nSPS) is 11.7. The summed E-state index contributed by atoms with van der Waals surface area (Å²) < 4.78 is 86.4. The molecule has 0 fully saturated rings. The first kappa shape index (κ1) is 22.8. The second kappa shape index (κ2) is 8.69. The highest BCUT2D eigenvalue weighted by molar-refractivity contribution is 7.93. The fraction of sp³-hybridized carbons (Fsp3) is 0.0526. The molecule has 164 valence electrons. The summed E-state index contributed by atoms with van der Waals surface area (Å²) in [4.78, 5) is -0.494. The Morgan fingerprint density at radius 3 is 2.03 bits per heavy atom. The van der Waals surface area contributed by atoms with Gasteiger partial charge in [-0.1, -0.05) is 11.6 Å². The Labute approximate surface area is 182 Å². The van der Waals surface area contributed by atoms with Crippen molar-refractivity contribution in [1.82, 2.24) is 0 Å². The summed E-state index contributed by atoms with van der Waals surface area (Å²) in [6.07, 6.45) is 0. The van der Waals surface area contributed by atoms with Crippen LogP contribution < -0.4 is 14.2 Å². The molecule has 0 aliphatic heterocycles. The van der Waals surface area contributed by atoms with Crippen LogP contribution >= 0.6 is 11.6 Å². The molecule has 12 heteroatoms. The molecule has 0 saturated carbocycles. The molecular formula is C19H15ClF2N2O5S2. The van der Waals surface area contributed by atoms with E-state index in [1.54, 1.807) is 0 Å². The summed E-state index contributed by atoms with van der Waals surface area (Å²) in [5, 5.41) is -0.370. The van der Waals surface area contributed by atoms with E-state index in [0.29, 0.717) is 0 Å². The van der Waals surface area contributed by atoms with Crippen molar-refractivity contribution in [3.05, 3.63) is 77.3 Å². The average molecular weight is 489 g/mol. The number of hydrogen-bond acceptors (Lipinski definition) is 5. The predicted octanol–water partition coefficient (Wildman–Crippen LogP) is 4.23. The number of anilines is 2. The van der Waals surface area contributed by atoms with Gasteiger partial charge in [0.15, 0.2) is 0 Å². The molecule has 0 spiro atoms. The molecule has 0 saturated heterocycles. The summed E-state index contributed by atoms with van der Waals surface area (Å²) in [6, 6.07) is 10.9. The van der Waals surface area contributed by atoms with Gasteiger partial charge in [0.25, 0.3) is 20.0 Å². The minimum atomic E-state index is -4.15. The van der Waals surface area contributed by atoms with E-state index >= 15 is 0 Å². The van der Waals surface area contributed by atoms with Gasteiger partial charge in [-0.25, -0.2) is 25.6 Å². The van der Waals surface area contributed by atoms with Crippen LogP contribution in [0.2, 0.25) is 5.02 Å². The van der Waals surface area contributed by atoms with Gasteiger partial charge in [-0.05, 0) is 60.7 Å². The Morgan fingerprint density at radius 2 is 1.42 bits per heavy atom. The molecule has 0 amide bonds. The minimum absolute atomic E-state index is 0.00180. The monoisotopic (exact) mass is 488 g/mol. The van der Waals surface area contributed by atoms with Crippen LogP contribution in [-0.2, 0) is 20.0 Å². The molecule has 0 heterocycles. The third-order valence-electron chi connectivity index (χ3n) is 4.02. The second-order valence-electron chi connectivity index (χ2n) is 6.16. The number of benzene rings is 3. The van der Waals surface area contributed by atoms with E-state index in [1.165, 1.54) is 25.3 Å². The molecule has 3 rings (SSSR count). The van der Waals surface area contributed by atoms with E-state index in [9.17, 15) is 25.6 Å². The summed E-state index contributed by atoms with van der Waals surface area (Å²) >= 11 is 5.64. The topological polar surface area (TPSA) is 102 Å². The number of methoxy groups -OCH3 is 1. The molecule has 0 aromatic heterocycles. The van der Waals surface area contributed by atoms with Crippen molar-refractivity contribution in [3.63, 3.8) is 0 Å². The van der Waals surface area contributed by atoms with Gasteiger partial charge in [-0.2, -0.15) is 0 Å². The van der Waals surface area contributed by atoms with Gasteiger partial charge in [-0.3, -0.25) is 9.44 Å². The number of sulfonamides is 2. The second-order valence-corrected chi connectivity index (χ2v) is 9.93. The number of ether oxygens (including phenoxy) is 1. The maximum atomic E-state index is 13.3. The molecule has 3 aromatic carbocycles. The number of halogens is 3. The van der Waals surface area contributed by atoms with Gasteiger partial charge < -0.3 is 4.74 Å². The number of nitrogens with one attached hydrogen (secondary N) is 2. The molecule has 0 aliphatic rings. The maximum Gasteiger partial charge on any atom is 0.262 e. The SMILES string of the molecule is COc1ccc(NS(=O)(=O)c2ccc(F)c(Cl)c2)cc1NS(=O)(=O)c1ccc(F)cc1. The molecular weight excluding hydrogens is 474 g/mol.